The Balaban J connectivity index is 1.52. The molecule has 0 N–H and O–H groups in total. The molecule has 0 bridgehead atoms. The summed E-state index contributed by atoms with van der Waals surface area (Å²) in [5.74, 6) is 0.396. The maximum atomic E-state index is 12.1. The molecule has 1 aliphatic carbocycles. The predicted octanol–water partition coefficient (Wildman–Crippen LogP) is 5.18. The number of carbonyl (C=O) groups is 1. The van der Waals surface area contributed by atoms with E-state index in [0.717, 1.165) is 37.1 Å². The van der Waals surface area contributed by atoms with Gasteiger partial charge in [0.2, 0.25) is 0 Å². The number of hydrogen-bond acceptors (Lipinski definition) is 3. The topological polar surface area (TPSA) is 35.5 Å². The lowest BCUT2D eigenvalue weighted by Crippen LogP contribution is -2.29. The van der Waals surface area contributed by atoms with Gasteiger partial charge in [-0.3, -0.25) is 0 Å². The summed E-state index contributed by atoms with van der Waals surface area (Å²) in [4.78, 5) is 12.1. The molecule has 0 aliphatic heterocycles. The van der Waals surface area contributed by atoms with Crippen molar-refractivity contribution in [2.24, 2.45) is 0 Å². The largest absolute Gasteiger partial charge is 0.479 e. The van der Waals surface area contributed by atoms with Gasteiger partial charge in [0, 0.05) is 5.02 Å². The molecular weight excluding hydrogens is 336 g/mol. The third-order valence-corrected chi connectivity index (χ3v) is 4.73. The molecule has 25 heavy (non-hydrogen) atoms. The van der Waals surface area contributed by atoms with Crippen LogP contribution in [-0.4, -0.2) is 18.2 Å². The molecule has 0 aromatic heterocycles. The van der Waals surface area contributed by atoms with Crippen molar-refractivity contribution in [2.75, 3.05) is 0 Å². The number of benzene rings is 2. The van der Waals surface area contributed by atoms with E-state index in [1.54, 1.807) is 6.92 Å². The molecule has 2 aromatic rings. The summed E-state index contributed by atoms with van der Waals surface area (Å²) in [7, 11) is 0. The van der Waals surface area contributed by atoms with Gasteiger partial charge in [-0.1, -0.05) is 35.9 Å². The second-order valence-electron chi connectivity index (χ2n) is 6.55. The van der Waals surface area contributed by atoms with Crippen LogP contribution in [0.5, 0.6) is 5.75 Å². The molecule has 132 valence electrons. The van der Waals surface area contributed by atoms with Crippen LogP contribution in [0.15, 0.2) is 48.5 Å². The highest BCUT2D eigenvalue weighted by Gasteiger charge is 2.23. The van der Waals surface area contributed by atoms with Crippen molar-refractivity contribution in [3.05, 3.63) is 64.7 Å². The number of ether oxygens (including phenoxy) is 2. The second-order valence-corrected chi connectivity index (χ2v) is 6.99. The normalized spacial score (nSPS) is 15.8. The van der Waals surface area contributed by atoms with E-state index >= 15 is 0 Å². The van der Waals surface area contributed by atoms with Crippen molar-refractivity contribution in [1.29, 1.82) is 0 Å². The van der Waals surface area contributed by atoms with Crippen LogP contribution < -0.4 is 4.74 Å². The zero-order valence-electron chi connectivity index (χ0n) is 14.4. The van der Waals surface area contributed by atoms with Gasteiger partial charge in [-0.15, -0.1) is 0 Å². The van der Waals surface area contributed by atoms with Crippen molar-refractivity contribution < 1.29 is 14.3 Å². The third-order valence-electron chi connectivity index (χ3n) is 4.47. The van der Waals surface area contributed by atoms with Crippen LogP contribution in [-0.2, 0) is 16.0 Å². The standard InChI is InChI=1S/C21H23ClO3/c1-15(21(23)25-19-4-2-3-5-19)24-20-12-8-17(9-13-20)14-16-6-10-18(22)11-7-16/h6-13,15,19H,2-5,14H2,1H3. The zero-order valence-corrected chi connectivity index (χ0v) is 15.2. The summed E-state index contributed by atoms with van der Waals surface area (Å²) in [5, 5.41) is 0.742. The number of esters is 1. The molecule has 3 rings (SSSR count). The number of carbonyl (C=O) groups excluding carboxylic acids is 1. The van der Waals surface area contributed by atoms with E-state index in [1.165, 1.54) is 11.1 Å². The number of hydrogen-bond donors (Lipinski definition) is 0. The van der Waals surface area contributed by atoms with E-state index in [-0.39, 0.29) is 12.1 Å². The first kappa shape index (κ1) is 17.8. The number of halogens is 1. The fourth-order valence-electron chi connectivity index (χ4n) is 3.04. The van der Waals surface area contributed by atoms with Gasteiger partial charge in [0.25, 0.3) is 0 Å². The van der Waals surface area contributed by atoms with E-state index in [0.29, 0.717) is 5.75 Å². The first-order chi connectivity index (χ1) is 12.1. The van der Waals surface area contributed by atoms with Crippen molar-refractivity contribution in [1.82, 2.24) is 0 Å². The molecule has 0 saturated heterocycles. The summed E-state index contributed by atoms with van der Waals surface area (Å²) in [6, 6.07) is 15.6. The minimum atomic E-state index is -0.595. The van der Waals surface area contributed by atoms with Crippen molar-refractivity contribution in [3.63, 3.8) is 0 Å². The maximum absolute atomic E-state index is 12.1. The molecule has 0 heterocycles. The Kier molecular flexibility index (Phi) is 5.98. The molecule has 1 saturated carbocycles. The molecule has 4 heteroatoms. The average molecular weight is 359 g/mol. The van der Waals surface area contributed by atoms with E-state index in [2.05, 4.69) is 0 Å². The Bertz CT molecular complexity index is 688. The van der Waals surface area contributed by atoms with Crippen LogP contribution in [0.4, 0.5) is 0 Å². The van der Waals surface area contributed by atoms with Crippen LogP contribution in [0, 0.1) is 0 Å². The SMILES string of the molecule is CC(Oc1ccc(Cc2ccc(Cl)cc2)cc1)C(=O)OC1CCCC1. The Morgan fingerprint density at radius 3 is 2.20 bits per heavy atom. The summed E-state index contributed by atoms with van der Waals surface area (Å²) in [6.07, 6.45) is 4.53. The molecule has 1 fully saturated rings. The van der Waals surface area contributed by atoms with E-state index in [1.807, 2.05) is 48.5 Å². The molecular formula is C21H23ClO3. The summed E-state index contributed by atoms with van der Waals surface area (Å²) >= 11 is 5.91. The fraction of sp³-hybridized carbons (Fsp3) is 0.381. The van der Waals surface area contributed by atoms with Gasteiger partial charge in [0.05, 0.1) is 0 Å². The van der Waals surface area contributed by atoms with Crippen LogP contribution in [0.3, 0.4) is 0 Å². The molecule has 2 aromatic carbocycles. The molecule has 0 spiro atoms. The average Bonchev–Trinajstić information content (AvgIpc) is 3.11. The minimum Gasteiger partial charge on any atom is -0.479 e. The Labute approximate surface area is 153 Å². The highest BCUT2D eigenvalue weighted by atomic mass is 35.5. The van der Waals surface area contributed by atoms with Gasteiger partial charge in [-0.25, -0.2) is 4.79 Å². The minimum absolute atomic E-state index is 0.0697. The maximum Gasteiger partial charge on any atom is 0.347 e. The second kappa shape index (κ2) is 8.39. The van der Waals surface area contributed by atoms with Gasteiger partial charge in [0.15, 0.2) is 6.10 Å². The molecule has 1 aliphatic rings. The lowest BCUT2D eigenvalue weighted by atomic mass is 10.1. The van der Waals surface area contributed by atoms with E-state index in [9.17, 15) is 4.79 Å². The van der Waals surface area contributed by atoms with Crippen LogP contribution in [0.2, 0.25) is 5.02 Å². The van der Waals surface area contributed by atoms with Crippen molar-refractivity contribution in [3.8, 4) is 5.75 Å². The smallest absolute Gasteiger partial charge is 0.347 e. The van der Waals surface area contributed by atoms with Crippen LogP contribution in [0.1, 0.15) is 43.7 Å². The summed E-state index contributed by atoms with van der Waals surface area (Å²) < 4.78 is 11.2. The quantitative estimate of drug-likeness (QED) is 0.667. The fourth-order valence-corrected chi connectivity index (χ4v) is 3.17. The predicted molar refractivity (Wildman–Crippen MR) is 99.1 cm³/mol. The Morgan fingerprint density at radius 1 is 1.04 bits per heavy atom. The highest BCUT2D eigenvalue weighted by Crippen LogP contribution is 2.22. The third kappa shape index (κ3) is 5.23. The lowest BCUT2D eigenvalue weighted by molar-refractivity contribution is -0.156. The molecule has 1 atom stereocenters. The Morgan fingerprint density at radius 2 is 1.60 bits per heavy atom. The first-order valence-corrected chi connectivity index (χ1v) is 9.18. The van der Waals surface area contributed by atoms with E-state index < -0.39 is 6.10 Å². The monoisotopic (exact) mass is 358 g/mol. The van der Waals surface area contributed by atoms with Gasteiger partial charge >= 0.3 is 5.97 Å². The van der Waals surface area contributed by atoms with Gasteiger partial charge in [0.1, 0.15) is 11.9 Å². The first-order valence-electron chi connectivity index (χ1n) is 8.81. The van der Waals surface area contributed by atoms with Gasteiger partial charge < -0.3 is 9.47 Å². The van der Waals surface area contributed by atoms with Crippen LogP contribution >= 0.6 is 11.6 Å². The summed E-state index contributed by atoms with van der Waals surface area (Å²) in [5.41, 5.74) is 2.38. The Hall–Kier alpha value is -2.00. The van der Waals surface area contributed by atoms with Crippen LogP contribution in [0.25, 0.3) is 0 Å². The van der Waals surface area contributed by atoms with Crippen molar-refractivity contribution >= 4 is 17.6 Å². The molecule has 0 amide bonds. The van der Waals surface area contributed by atoms with E-state index in [4.69, 9.17) is 21.1 Å². The highest BCUT2D eigenvalue weighted by molar-refractivity contribution is 6.30. The van der Waals surface area contributed by atoms with Gasteiger partial charge in [-0.05, 0) is 74.4 Å². The zero-order chi connectivity index (χ0) is 17.6. The van der Waals surface area contributed by atoms with Gasteiger partial charge in [-0.2, -0.15) is 0 Å². The number of rotatable bonds is 6. The van der Waals surface area contributed by atoms with Crippen molar-refractivity contribution in [2.45, 2.75) is 51.2 Å². The molecule has 1 unspecified atom stereocenters. The summed E-state index contributed by atoms with van der Waals surface area (Å²) in [6.45, 7) is 1.74. The lowest BCUT2D eigenvalue weighted by Gasteiger charge is -2.17. The molecule has 3 nitrogen and oxygen atoms in total. The molecule has 0 radical (unpaired) electrons.